The van der Waals surface area contributed by atoms with Crippen LogP contribution < -0.4 is 0 Å². The number of hydrogen-bond donors (Lipinski definition) is 0. The first kappa shape index (κ1) is 15.4. The molecule has 0 unspecified atom stereocenters. The second kappa shape index (κ2) is 6.23. The molecule has 0 N–H and O–H groups in total. The van der Waals surface area contributed by atoms with E-state index in [1.165, 1.54) is 0 Å². The van der Waals surface area contributed by atoms with Gasteiger partial charge in [-0.25, -0.2) is 9.36 Å². The van der Waals surface area contributed by atoms with Crippen LogP contribution in [0.5, 0.6) is 0 Å². The molecular weight excluding hydrogens is 235 g/mol. The van der Waals surface area contributed by atoms with Crippen LogP contribution in [0.1, 0.15) is 34.6 Å². The summed E-state index contributed by atoms with van der Waals surface area (Å²) in [7, 11) is -3.84. The highest BCUT2D eigenvalue weighted by Gasteiger charge is 2.32. The van der Waals surface area contributed by atoms with Gasteiger partial charge >= 0.3 is 14.0 Å². The van der Waals surface area contributed by atoms with E-state index < -0.39 is 19.6 Å². The van der Waals surface area contributed by atoms with Crippen LogP contribution in [-0.2, 0) is 22.9 Å². The molecule has 0 spiro atoms. The molecule has 0 amide bonds. The van der Waals surface area contributed by atoms with Gasteiger partial charge in [-0.15, -0.1) is 0 Å². The lowest BCUT2D eigenvalue weighted by molar-refractivity contribution is 0.00929. The van der Waals surface area contributed by atoms with Crippen LogP contribution in [0.15, 0.2) is 0 Å². The van der Waals surface area contributed by atoms with Crippen LogP contribution in [0, 0.1) is 0 Å². The molecule has 16 heavy (non-hydrogen) atoms. The van der Waals surface area contributed by atoms with Crippen LogP contribution in [-0.4, -0.2) is 25.0 Å². The molecule has 0 rings (SSSR count). The van der Waals surface area contributed by atoms with Gasteiger partial charge in [0.2, 0.25) is 0 Å². The van der Waals surface area contributed by atoms with Gasteiger partial charge < -0.3 is 9.26 Å². The second-order valence-corrected chi connectivity index (χ2v) is 5.43. The summed E-state index contributed by atoms with van der Waals surface area (Å²) in [6, 6.07) is 0. The fraction of sp³-hybridized carbons (Fsp3) is 0.889. The average molecular weight is 254 g/mol. The first-order valence-corrected chi connectivity index (χ1v) is 6.50. The Morgan fingerprint density at radius 2 is 1.56 bits per heavy atom. The molecular formula is C9H19O6P. The first-order valence-electron chi connectivity index (χ1n) is 5.04. The number of ether oxygens (including phenoxy) is 1. The normalized spacial score (nSPS) is 12.3. The molecule has 0 aromatic carbocycles. The van der Waals surface area contributed by atoms with Gasteiger partial charge in [0.25, 0.3) is 0 Å². The average Bonchev–Trinajstić information content (AvgIpc) is 1.99. The van der Waals surface area contributed by atoms with E-state index in [2.05, 4.69) is 4.52 Å². The Balaban J connectivity index is 4.41. The standard InChI is InChI=1S/C9H19O6P/c1-6-12-16(11,13-7-2)15-8(10)14-9(3,4)5/h6-7H2,1-5H3. The van der Waals surface area contributed by atoms with Crippen LogP contribution in [0.4, 0.5) is 4.79 Å². The fourth-order valence-electron chi connectivity index (χ4n) is 0.766. The van der Waals surface area contributed by atoms with Crippen molar-refractivity contribution in [2.75, 3.05) is 13.2 Å². The Morgan fingerprint density at radius 1 is 1.12 bits per heavy atom. The van der Waals surface area contributed by atoms with Gasteiger partial charge in [0.1, 0.15) is 5.60 Å². The minimum absolute atomic E-state index is 0.111. The van der Waals surface area contributed by atoms with Gasteiger partial charge in [0.15, 0.2) is 0 Å². The van der Waals surface area contributed by atoms with Gasteiger partial charge in [-0.05, 0) is 34.6 Å². The zero-order chi connectivity index (χ0) is 12.8. The molecule has 6 nitrogen and oxygen atoms in total. The molecule has 0 radical (unpaired) electrons. The van der Waals surface area contributed by atoms with E-state index in [1.807, 2.05) is 0 Å². The van der Waals surface area contributed by atoms with Crippen molar-refractivity contribution in [1.29, 1.82) is 0 Å². The highest BCUT2D eigenvalue weighted by atomic mass is 31.2. The molecule has 0 saturated carbocycles. The van der Waals surface area contributed by atoms with E-state index in [9.17, 15) is 9.36 Å². The Bertz CT molecular complexity index is 260. The largest absolute Gasteiger partial charge is 0.534 e. The van der Waals surface area contributed by atoms with Crippen LogP contribution in [0.3, 0.4) is 0 Å². The van der Waals surface area contributed by atoms with Crippen molar-refractivity contribution in [1.82, 2.24) is 0 Å². The quantitative estimate of drug-likeness (QED) is 0.554. The predicted octanol–water partition coefficient (Wildman–Crippen LogP) is 3.12. The second-order valence-electron chi connectivity index (χ2n) is 3.84. The third-order valence-electron chi connectivity index (χ3n) is 1.15. The maximum absolute atomic E-state index is 11.7. The van der Waals surface area contributed by atoms with Crippen LogP contribution in [0.25, 0.3) is 0 Å². The molecule has 0 fully saturated rings. The summed E-state index contributed by atoms with van der Waals surface area (Å²) >= 11 is 0. The lowest BCUT2D eigenvalue weighted by Crippen LogP contribution is -2.24. The molecule has 7 heteroatoms. The molecule has 0 atom stereocenters. The van der Waals surface area contributed by atoms with Crippen molar-refractivity contribution in [3.05, 3.63) is 0 Å². The maximum atomic E-state index is 11.7. The molecule has 0 aromatic heterocycles. The summed E-state index contributed by atoms with van der Waals surface area (Å²) in [6.45, 7) is 8.45. The Hall–Kier alpha value is -0.580. The Kier molecular flexibility index (Phi) is 6.00. The molecule has 0 aliphatic heterocycles. The van der Waals surface area contributed by atoms with Crippen molar-refractivity contribution in [2.45, 2.75) is 40.2 Å². The molecule has 0 aromatic rings. The van der Waals surface area contributed by atoms with Crippen molar-refractivity contribution in [2.24, 2.45) is 0 Å². The molecule has 0 aliphatic carbocycles. The monoisotopic (exact) mass is 254 g/mol. The summed E-state index contributed by atoms with van der Waals surface area (Å²) in [5.41, 5.74) is -0.722. The fourth-order valence-corrected chi connectivity index (χ4v) is 1.80. The van der Waals surface area contributed by atoms with Gasteiger partial charge in [0, 0.05) is 0 Å². The summed E-state index contributed by atoms with van der Waals surface area (Å²) in [5, 5.41) is 0. The van der Waals surface area contributed by atoms with Crippen LogP contribution >= 0.6 is 7.82 Å². The topological polar surface area (TPSA) is 71.1 Å². The SMILES string of the molecule is CCOP(=O)(OCC)OC(=O)OC(C)(C)C. The molecule has 0 bridgehead atoms. The van der Waals surface area contributed by atoms with Crippen LogP contribution in [0.2, 0.25) is 0 Å². The molecule has 0 saturated heterocycles. The number of carbonyl (C=O) groups excluding carboxylic acids is 1. The number of rotatable bonds is 5. The smallest absolute Gasteiger partial charge is 0.428 e. The van der Waals surface area contributed by atoms with Crippen molar-refractivity contribution >= 4 is 14.0 Å². The number of phosphoric acid groups is 1. The number of hydrogen-bond acceptors (Lipinski definition) is 6. The van der Waals surface area contributed by atoms with Crippen molar-refractivity contribution in [3.63, 3.8) is 0 Å². The van der Waals surface area contributed by atoms with Crippen molar-refractivity contribution < 1.29 is 27.7 Å². The minimum atomic E-state index is -3.84. The van der Waals surface area contributed by atoms with Crippen molar-refractivity contribution in [3.8, 4) is 0 Å². The summed E-state index contributed by atoms with van der Waals surface area (Å²) in [6.07, 6.45) is -1.07. The molecule has 0 heterocycles. The predicted molar refractivity (Wildman–Crippen MR) is 58.2 cm³/mol. The minimum Gasteiger partial charge on any atom is -0.428 e. The summed E-state index contributed by atoms with van der Waals surface area (Å²) in [5.74, 6) is 0. The lowest BCUT2D eigenvalue weighted by Gasteiger charge is -2.21. The number of phosphoric ester groups is 1. The first-order chi connectivity index (χ1) is 7.22. The van der Waals surface area contributed by atoms with E-state index in [-0.39, 0.29) is 13.2 Å². The molecule has 0 aliphatic rings. The van der Waals surface area contributed by atoms with E-state index in [4.69, 9.17) is 13.8 Å². The Morgan fingerprint density at radius 3 is 1.88 bits per heavy atom. The molecule has 96 valence electrons. The van der Waals surface area contributed by atoms with E-state index in [0.717, 1.165) is 0 Å². The maximum Gasteiger partial charge on any atom is 0.534 e. The zero-order valence-electron chi connectivity index (χ0n) is 10.3. The zero-order valence-corrected chi connectivity index (χ0v) is 11.2. The van der Waals surface area contributed by atoms with E-state index in [0.29, 0.717) is 0 Å². The summed E-state index contributed by atoms with van der Waals surface area (Å²) in [4.78, 5) is 11.2. The lowest BCUT2D eigenvalue weighted by atomic mass is 10.2. The highest BCUT2D eigenvalue weighted by Crippen LogP contribution is 2.49. The van der Waals surface area contributed by atoms with Gasteiger partial charge in [-0.2, -0.15) is 0 Å². The van der Waals surface area contributed by atoms with Gasteiger partial charge in [-0.1, -0.05) is 0 Å². The Labute approximate surface area is 95.8 Å². The van der Waals surface area contributed by atoms with E-state index >= 15 is 0 Å². The third kappa shape index (κ3) is 6.82. The third-order valence-corrected chi connectivity index (χ3v) is 2.67. The highest BCUT2D eigenvalue weighted by molar-refractivity contribution is 7.49. The van der Waals surface area contributed by atoms with Gasteiger partial charge in [-0.3, -0.25) is 9.05 Å². The van der Waals surface area contributed by atoms with E-state index in [1.54, 1.807) is 34.6 Å². The summed E-state index contributed by atoms with van der Waals surface area (Å²) < 4.78 is 30.7. The number of carbonyl (C=O) groups is 1. The van der Waals surface area contributed by atoms with Gasteiger partial charge in [0.05, 0.1) is 13.2 Å².